The predicted octanol–water partition coefficient (Wildman–Crippen LogP) is 2.99. The molecule has 0 N–H and O–H groups in total. The molecule has 3 aromatic rings. The van der Waals surface area contributed by atoms with E-state index >= 15 is 0 Å². The lowest BCUT2D eigenvalue weighted by Gasteiger charge is -2.26. The van der Waals surface area contributed by atoms with Crippen molar-refractivity contribution in [3.63, 3.8) is 0 Å². The summed E-state index contributed by atoms with van der Waals surface area (Å²) in [4.78, 5) is 14.3. The smallest absolute Gasteiger partial charge is 0.233 e. The van der Waals surface area contributed by atoms with E-state index in [1.807, 2.05) is 33.6 Å². The van der Waals surface area contributed by atoms with Gasteiger partial charge >= 0.3 is 0 Å². The Morgan fingerprint density at radius 3 is 2.74 bits per heavy atom. The minimum absolute atomic E-state index is 0.201. The maximum absolute atomic E-state index is 12.3. The first-order valence-electron chi connectivity index (χ1n) is 7.96. The Morgan fingerprint density at radius 1 is 1.04 bits per heavy atom. The molecule has 0 spiro atoms. The second-order valence-electron chi connectivity index (χ2n) is 5.80. The first-order valence-corrected chi connectivity index (χ1v) is 8.95. The van der Waals surface area contributed by atoms with Gasteiger partial charge in [-0.15, -0.1) is 10.2 Å². The van der Waals surface area contributed by atoms with Crippen molar-refractivity contribution in [3.8, 4) is 0 Å². The van der Waals surface area contributed by atoms with Gasteiger partial charge in [0.05, 0.1) is 11.3 Å². The summed E-state index contributed by atoms with van der Waals surface area (Å²) >= 11 is 1.47. The molecule has 3 heterocycles. The normalized spacial score (nSPS) is 15.4. The van der Waals surface area contributed by atoms with Gasteiger partial charge in [-0.25, -0.2) is 0 Å². The first-order chi connectivity index (χ1) is 11.3. The summed E-state index contributed by atoms with van der Waals surface area (Å²) in [6.45, 7) is 1.78. The second kappa shape index (κ2) is 6.20. The van der Waals surface area contributed by atoms with Gasteiger partial charge in [0.25, 0.3) is 0 Å². The third-order valence-electron chi connectivity index (χ3n) is 4.28. The summed E-state index contributed by atoms with van der Waals surface area (Å²) in [6.07, 6.45) is 3.47. The summed E-state index contributed by atoms with van der Waals surface area (Å²) < 4.78 is 2.03. The molecule has 1 amide bonds. The van der Waals surface area contributed by atoms with E-state index < -0.39 is 0 Å². The SMILES string of the molecule is O=C(CSc1nnc2ccc3ccccc3n12)N1CCCCC1. The zero-order chi connectivity index (χ0) is 15.6. The molecule has 2 aromatic heterocycles. The number of likely N-dealkylation sites (tertiary alicyclic amines) is 1. The van der Waals surface area contributed by atoms with Crippen LogP contribution < -0.4 is 0 Å². The predicted molar refractivity (Wildman–Crippen MR) is 91.6 cm³/mol. The first kappa shape index (κ1) is 14.5. The van der Waals surface area contributed by atoms with E-state index in [9.17, 15) is 4.79 Å². The summed E-state index contributed by atoms with van der Waals surface area (Å²) in [7, 11) is 0. The van der Waals surface area contributed by atoms with Crippen molar-refractivity contribution >= 4 is 34.2 Å². The third-order valence-corrected chi connectivity index (χ3v) is 5.20. The molecule has 5 nitrogen and oxygen atoms in total. The number of hydrogen-bond donors (Lipinski definition) is 0. The van der Waals surface area contributed by atoms with Gasteiger partial charge < -0.3 is 4.90 Å². The molecule has 1 fully saturated rings. The standard InChI is InChI=1S/C17H18N4OS/c22-16(20-10-4-1-5-11-20)12-23-17-19-18-15-9-8-13-6-2-3-7-14(13)21(15)17/h2-3,6-9H,1,4-5,10-12H2. The monoisotopic (exact) mass is 326 g/mol. The highest BCUT2D eigenvalue weighted by atomic mass is 32.2. The van der Waals surface area contributed by atoms with Crippen LogP contribution in [0.1, 0.15) is 19.3 Å². The van der Waals surface area contributed by atoms with Gasteiger partial charge in [0.15, 0.2) is 10.8 Å². The Labute approximate surface area is 138 Å². The molecule has 0 saturated carbocycles. The average Bonchev–Trinajstić information content (AvgIpc) is 3.04. The number of rotatable bonds is 3. The Kier molecular flexibility index (Phi) is 3.91. The minimum atomic E-state index is 0.201. The number of carbonyl (C=O) groups is 1. The van der Waals surface area contributed by atoms with E-state index in [1.54, 1.807) is 0 Å². The van der Waals surface area contributed by atoms with Gasteiger partial charge in [-0.2, -0.15) is 0 Å². The van der Waals surface area contributed by atoms with Crippen molar-refractivity contribution in [1.29, 1.82) is 0 Å². The lowest BCUT2D eigenvalue weighted by Crippen LogP contribution is -2.36. The second-order valence-corrected chi connectivity index (χ2v) is 6.74. The lowest BCUT2D eigenvalue weighted by atomic mass is 10.1. The lowest BCUT2D eigenvalue weighted by molar-refractivity contribution is -0.129. The number of fused-ring (bicyclic) bond motifs is 3. The fraction of sp³-hybridized carbons (Fsp3) is 0.353. The van der Waals surface area contributed by atoms with Gasteiger partial charge in [-0.05, 0) is 42.8 Å². The number of thioether (sulfide) groups is 1. The van der Waals surface area contributed by atoms with Crippen molar-refractivity contribution in [3.05, 3.63) is 36.4 Å². The quantitative estimate of drug-likeness (QED) is 0.694. The summed E-state index contributed by atoms with van der Waals surface area (Å²) in [6, 6.07) is 12.2. The Balaban J connectivity index is 1.59. The molecule has 1 saturated heterocycles. The third kappa shape index (κ3) is 2.79. The summed E-state index contributed by atoms with van der Waals surface area (Å²) in [5.74, 6) is 0.621. The molecular weight excluding hydrogens is 308 g/mol. The van der Waals surface area contributed by atoms with E-state index in [0.717, 1.165) is 47.6 Å². The van der Waals surface area contributed by atoms with Crippen LogP contribution in [0.3, 0.4) is 0 Å². The molecule has 0 atom stereocenters. The maximum atomic E-state index is 12.3. The molecule has 1 aliphatic rings. The molecule has 0 radical (unpaired) electrons. The molecular formula is C17H18N4OS. The molecule has 6 heteroatoms. The van der Waals surface area contributed by atoms with E-state index in [4.69, 9.17) is 0 Å². The van der Waals surface area contributed by atoms with Crippen LogP contribution >= 0.6 is 11.8 Å². The van der Waals surface area contributed by atoms with Crippen molar-refractivity contribution in [1.82, 2.24) is 19.5 Å². The maximum Gasteiger partial charge on any atom is 0.233 e. The van der Waals surface area contributed by atoms with Gasteiger partial charge in [0, 0.05) is 13.1 Å². The van der Waals surface area contributed by atoms with Gasteiger partial charge in [-0.3, -0.25) is 9.20 Å². The number of carbonyl (C=O) groups excluding carboxylic acids is 1. The zero-order valence-electron chi connectivity index (χ0n) is 12.8. The Bertz CT molecular complexity index is 854. The van der Waals surface area contributed by atoms with Crippen molar-refractivity contribution < 1.29 is 4.79 Å². The van der Waals surface area contributed by atoms with Crippen LogP contribution in [-0.4, -0.2) is 44.2 Å². The molecule has 0 bridgehead atoms. The highest BCUT2D eigenvalue weighted by molar-refractivity contribution is 7.99. The number of nitrogens with zero attached hydrogens (tertiary/aromatic N) is 4. The minimum Gasteiger partial charge on any atom is -0.342 e. The van der Waals surface area contributed by atoms with Crippen molar-refractivity contribution in [2.45, 2.75) is 24.4 Å². The largest absolute Gasteiger partial charge is 0.342 e. The van der Waals surface area contributed by atoms with Crippen molar-refractivity contribution in [2.24, 2.45) is 0 Å². The Hall–Kier alpha value is -2.08. The molecule has 4 rings (SSSR count). The molecule has 1 aliphatic heterocycles. The van der Waals surface area contributed by atoms with Gasteiger partial charge in [0.2, 0.25) is 5.91 Å². The molecule has 23 heavy (non-hydrogen) atoms. The van der Waals surface area contributed by atoms with Crippen LogP contribution in [0.25, 0.3) is 16.6 Å². The number of piperidine rings is 1. The summed E-state index contributed by atoms with van der Waals surface area (Å²) in [5.41, 5.74) is 1.89. The van der Waals surface area contributed by atoms with E-state index in [2.05, 4.69) is 22.3 Å². The number of hydrogen-bond acceptors (Lipinski definition) is 4. The molecule has 118 valence electrons. The molecule has 1 aromatic carbocycles. The van der Waals surface area contributed by atoms with Crippen LogP contribution in [0, 0.1) is 0 Å². The summed E-state index contributed by atoms with van der Waals surface area (Å²) in [5, 5.41) is 10.4. The van der Waals surface area contributed by atoms with Gasteiger partial charge in [-0.1, -0.05) is 30.0 Å². The number of benzene rings is 1. The van der Waals surface area contributed by atoms with E-state index in [1.165, 1.54) is 18.2 Å². The topological polar surface area (TPSA) is 50.5 Å². The number of pyridine rings is 1. The van der Waals surface area contributed by atoms with Crippen molar-refractivity contribution in [2.75, 3.05) is 18.8 Å². The number of amides is 1. The fourth-order valence-electron chi connectivity index (χ4n) is 3.07. The zero-order valence-corrected chi connectivity index (χ0v) is 13.6. The van der Waals surface area contributed by atoms with Crippen LogP contribution in [-0.2, 0) is 4.79 Å². The number of para-hydroxylation sites is 1. The highest BCUT2D eigenvalue weighted by Crippen LogP contribution is 2.23. The van der Waals surface area contributed by atoms with Crippen LogP contribution in [0.4, 0.5) is 0 Å². The highest BCUT2D eigenvalue weighted by Gasteiger charge is 2.18. The molecule has 0 aliphatic carbocycles. The van der Waals surface area contributed by atoms with Crippen LogP contribution in [0.2, 0.25) is 0 Å². The average molecular weight is 326 g/mol. The number of aromatic nitrogens is 3. The molecule has 0 unspecified atom stereocenters. The van der Waals surface area contributed by atoms with E-state index in [0.29, 0.717) is 5.75 Å². The van der Waals surface area contributed by atoms with Crippen LogP contribution in [0.5, 0.6) is 0 Å². The Morgan fingerprint density at radius 2 is 1.87 bits per heavy atom. The van der Waals surface area contributed by atoms with E-state index in [-0.39, 0.29) is 5.91 Å². The van der Waals surface area contributed by atoms with Gasteiger partial charge in [0.1, 0.15) is 0 Å². The van der Waals surface area contributed by atoms with Crippen LogP contribution in [0.15, 0.2) is 41.6 Å². The fourth-order valence-corrected chi connectivity index (χ4v) is 3.92.